The maximum atomic E-state index is 11.6. The highest BCUT2D eigenvalue weighted by Crippen LogP contribution is 2.31. The van der Waals surface area contributed by atoms with Crippen LogP contribution in [0.3, 0.4) is 0 Å². The molecule has 2 bridgehead atoms. The first kappa shape index (κ1) is 42.3. The normalized spacial score (nSPS) is 28.5. The smallest absolute Gasteiger partial charge is 0.488 e. The van der Waals surface area contributed by atoms with Crippen LogP contribution in [0.2, 0.25) is 12.6 Å². The summed E-state index contributed by atoms with van der Waals surface area (Å²) in [5.41, 5.74) is 0. The average Bonchev–Trinajstić information content (AvgIpc) is 2.93. The number of nitrogens with one attached hydrogen (secondary N) is 1. The van der Waals surface area contributed by atoms with Crippen molar-refractivity contribution in [1.29, 1.82) is 0 Å². The van der Waals surface area contributed by atoms with Gasteiger partial charge in [-0.2, -0.15) is 0 Å². The molecule has 2 unspecified atom stereocenters. The lowest BCUT2D eigenvalue weighted by molar-refractivity contribution is -0.138. The quantitative estimate of drug-likeness (QED) is 0.0906. The maximum absolute atomic E-state index is 11.6. The third kappa shape index (κ3) is 11.6. The van der Waals surface area contributed by atoms with Crippen LogP contribution in [0.25, 0.3) is 0 Å². The van der Waals surface area contributed by atoms with Crippen LogP contribution in [0.5, 0.6) is 0 Å². The summed E-state index contributed by atoms with van der Waals surface area (Å²) >= 11 is -8.32. The van der Waals surface area contributed by atoms with Crippen LogP contribution < -0.4 is 4.98 Å². The molecule has 0 saturated carbocycles. The number of hydrogen-bond donors (Lipinski definition) is 7. The van der Waals surface area contributed by atoms with Crippen molar-refractivity contribution < 1.29 is 97.8 Å². The lowest BCUT2D eigenvalue weighted by atomic mass is 10.4. The van der Waals surface area contributed by atoms with Gasteiger partial charge in [0.05, 0.1) is 6.04 Å². The molecule has 0 amide bonds. The Morgan fingerprint density at radius 3 is 1.60 bits per heavy atom. The van der Waals surface area contributed by atoms with Gasteiger partial charge in [-0.05, 0) is 19.5 Å². The standard InChI is InChI=1S/C6H14NO3Si.C6H18O10Si3.2Al.H5O10Si3/c1-4-11(3,10)7-5(2)6(8)9;1-9-17(7,10-2)15-19(13-5,14-6)16-18(8,11-3)12-4;;;1-11(2,3)9-13(7,8)10-12(4,5)6/h5,7H,4H2,1-3H3,(H,8,9);1-6H3;;;1-2,4-5,7H/q-1;-2;2*+3;-3/t5-,11?;;;;/m0..../s1. The van der Waals surface area contributed by atoms with Crippen LogP contribution in [-0.4, -0.2) is 177 Å². The Morgan fingerprint density at radius 1 is 0.733 bits per heavy atom. The van der Waals surface area contributed by atoms with E-state index in [-0.39, 0.29) is 6.04 Å². The van der Waals surface area contributed by atoms with Crippen molar-refractivity contribution in [1.82, 2.24) is 4.98 Å². The van der Waals surface area contributed by atoms with Crippen molar-refractivity contribution in [3.05, 3.63) is 0 Å². The highest BCUT2D eigenvalue weighted by molar-refractivity contribution is 6.85. The number of carboxylic acid groups (broad SMARTS) is 1. The number of rotatable bonds is 12. The third-order valence-electron chi connectivity index (χ3n) is 5.67. The van der Waals surface area contributed by atoms with Crippen molar-refractivity contribution in [3.8, 4) is 0 Å². The van der Waals surface area contributed by atoms with E-state index in [4.69, 9.17) is 59.8 Å². The van der Waals surface area contributed by atoms with Gasteiger partial charge in [-0.1, -0.05) is 6.92 Å². The highest BCUT2D eigenvalue weighted by atomic mass is 28.5. The Balaban J connectivity index is 2.75. The van der Waals surface area contributed by atoms with Gasteiger partial charge in [0.25, 0.3) is 0 Å². The molecule has 2 aliphatic rings. The van der Waals surface area contributed by atoms with E-state index in [2.05, 4.69) is 9.10 Å². The molecule has 2 aliphatic heterocycles. The van der Waals surface area contributed by atoms with Gasteiger partial charge in [-0.3, -0.25) is 4.79 Å². The van der Waals surface area contributed by atoms with Crippen LogP contribution >= 0.6 is 0 Å². The van der Waals surface area contributed by atoms with Gasteiger partial charge in [-0.25, -0.2) is 0 Å². The zero-order valence-electron chi connectivity index (χ0n) is 25.6. The molecule has 3 atom stereocenters. The summed E-state index contributed by atoms with van der Waals surface area (Å²) in [6.45, 7) is 4.52. The summed E-state index contributed by atoms with van der Waals surface area (Å²) in [4.78, 5) is 67.6. The molecule has 2 heterocycles. The van der Waals surface area contributed by atoms with Gasteiger partial charge in [0, 0.05) is 42.7 Å². The zero-order chi connectivity index (χ0) is 34.5. The van der Waals surface area contributed by atoms with E-state index in [0.717, 1.165) is 42.7 Å². The van der Waals surface area contributed by atoms with Crippen molar-refractivity contribution in [2.24, 2.45) is 0 Å². The Labute approximate surface area is 275 Å². The summed E-state index contributed by atoms with van der Waals surface area (Å²) in [5.74, 6) is -1.22. The molecular weight excluding hydrogens is 777 g/mol. The molecule has 24 nitrogen and oxygen atoms in total. The summed E-state index contributed by atoms with van der Waals surface area (Å²) in [5, 5.41) is 9.44. The molecule has 0 aromatic carbocycles. The molecule has 0 spiro atoms. The first-order valence-corrected chi connectivity index (χ1v) is 27.9. The third-order valence-corrected chi connectivity index (χ3v) is 31.9. The lowest BCUT2D eigenvalue weighted by Gasteiger charge is -2.42. The fraction of sp³-hybridized carbons (Fsp3) is 0.917. The maximum Gasteiger partial charge on any atom is 0.886 e. The summed E-state index contributed by atoms with van der Waals surface area (Å²) in [7, 11) is -27.7. The molecule has 0 aliphatic carbocycles. The Bertz CT molecular complexity index is 983. The topological polar surface area (TPSA) is 298 Å². The molecule has 0 radical (unpaired) electrons. The second kappa shape index (κ2) is 16.5. The number of carbonyl (C=O) groups is 1. The second-order valence-corrected chi connectivity index (χ2v) is 31.1. The number of aliphatic carboxylic acids is 1. The van der Waals surface area contributed by atoms with E-state index in [1.807, 2.05) is 0 Å². The Kier molecular flexibility index (Phi) is 15.5. The molecule has 2 fully saturated rings. The Morgan fingerprint density at radius 2 is 1.18 bits per heavy atom. The predicted molar refractivity (Wildman–Crippen MR) is 152 cm³/mol. The SMILES string of the molecule is CC[Si](C)(N[C@@H](C)C(=O)O)[O][Al]1[O][Si](O)(O)O[Si]2(O)[O][Al]([O][Si](O)(O)O2)[O][Si](OC)(OC)O[Si](OC)(OC)O[Si](OC)(OC)[O]1. The average molecular weight is 814 g/mol. The van der Waals surface area contributed by atoms with E-state index >= 15 is 0 Å². The predicted octanol–water partition coefficient (Wildman–Crippen LogP) is -5.24. The fourth-order valence-electron chi connectivity index (χ4n) is 3.31. The monoisotopic (exact) mass is 813 g/mol. The molecular formula is C12H37Al2NO23Si7. The first-order valence-electron chi connectivity index (χ1n) is 12.5. The van der Waals surface area contributed by atoms with Gasteiger partial charge in [-0.15, -0.1) is 0 Å². The van der Waals surface area contributed by atoms with E-state index < -0.39 is 105 Å². The van der Waals surface area contributed by atoms with E-state index in [1.54, 1.807) is 6.92 Å². The Hall–Kier alpha value is 1.17. The molecule has 262 valence electrons. The minimum absolute atomic E-state index is 0.173. The number of fused-ring (bicyclic) bond motifs is 2. The highest BCUT2D eigenvalue weighted by Gasteiger charge is 2.74. The largest absolute Gasteiger partial charge is 0.886 e. The van der Waals surface area contributed by atoms with Crippen molar-refractivity contribution in [2.45, 2.75) is 32.5 Å². The minimum Gasteiger partial charge on any atom is -0.488 e. The summed E-state index contributed by atoms with van der Waals surface area (Å²) in [6.07, 6.45) is 0. The van der Waals surface area contributed by atoms with Crippen LogP contribution in [0, 0.1) is 0 Å². The van der Waals surface area contributed by atoms with Gasteiger partial charge in [0.1, 0.15) is 0 Å². The first-order chi connectivity index (χ1) is 20.7. The van der Waals surface area contributed by atoms with E-state index in [1.165, 1.54) is 13.5 Å². The molecule has 0 aromatic heterocycles. The van der Waals surface area contributed by atoms with Crippen molar-refractivity contribution >= 4 is 99.0 Å². The summed E-state index contributed by atoms with van der Waals surface area (Å²) in [6, 6.07) is -0.965. The van der Waals surface area contributed by atoms with Gasteiger partial charge in [0.2, 0.25) is 8.48 Å². The van der Waals surface area contributed by atoms with Crippen LogP contribution in [0.4, 0.5) is 0 Å². The molecule has 33 heteroatoms. The van der Waals surface area contributed by atoms with Crippen molar-refractivity contribution in [3.63, 3.8) is 0 Å². The zero-order valence-corrected chi connectivity index (χ0v) is 34.9. The molecule has 2 saturated heterocycles. The van der Waals surface area contributed by atoms with E-state index in [0.29, 0.717) is 0 Å². The van der Waals surface area contributed by atoms with Gasteiger partial charge >= 0.3 is 90.6 Å². The molecule has 0 aromatic rings. The molecule has 2 rings (SSSR count). The van der Waals surface area contributed by atoms with Crippen LogP contribution in [0.15, 0.2) is 0 Å². The lowest BCUT2D eigenvalue weighted by Crippen LogP contribution is -2.74. The number of hydrogen-bond acceptors (Lipinski definition) is 23. The summed E-state index contributed by atoms with van der Waals surface area (Å²) < 4.78 is 87.0. The second-order valence-electron chi connectivity index (χ2n) is 8.83. The minimum atomic E-state index is -5.76. The molecule has 7 N–H and O–H groups in total. The van der Waals surface area contributed by atoms with Gasteiger partial charge < -0.3 is 97.9 Å². The van der Waals surface area contributed by atoms with Crippen LogP contribution in [-0.2, 0) is 68.7 Å². The van der Waals surface area contributed by atoms with E-state index in [9.17, 15) is 33.9 Å². The molecule has 45 heavy (non-hydrogen) atoms. The van der Waals surface area contributed by atoms with Crippen LogP contribution in [0.1, 0.15) is 13.8 Å². The van der Waals surface area contributed by atoms with Crippen molar-refractivity contribution in [2.75, 3.05) is 42.7 Å². The van der Waals surface area contributed by atoms with Gasteiger partial charge in [0.15, 0.2) is 0 Å². The number of carboxylic acids is 1. The fourth-order valence-corrected chi connectivity index (χ4v) is 30.5.